The number of benzene rings is 1. The molecule has 2 rings (SSSR count). The van der Waals surface area contributed by atoms with E-state index in [4.69, 9.17) is 17.3 Å². The van der Waals surface area contributed by atoms with Crippen molar-refractivity contribution in [1.82, 2.24) is 9.78 Å². The van der Waals surface area contributed by atoms with E-state index in [0.29, 0.717) is 23.0 Å². The van der Waals surface area contributed by atoms with Crippen molar-refractivity contribution in [3.8, 4) is 0 Å². The molecule has 1 aromatic carbocycles. The minimum absolute atomic E-state index is 0.260. The van der Waals surface area contributed by atoms with Crippen molar-refractivity contribution in [1.29, 1.82) is 0 Å². The zero-order chi connectivity index (χ0) is 19.3. The molecule has 0 aliphatic heterocycles. The highest BCUT2D eigenvalue weighted by Crippen LogP contribution is 2.22. The first-order valence-corrected chi connectivity index (χ1v) is 8.52. The Balaban J connectivity index is 2.12. The lowest BCUT2D eigenvalue weighted by Crippen LogP contribution is -2.14. The standard InChI is InChI=1S/C18H20ClFN4O2/c1-3-4-9-24-17(19)13(11(2)23-24)6-8-16(25)22-12-5-7-15(20)14(10-12)18(21)26/h5-8,10H,3-4,9H2,1-2H3,(H2,21,26)(H,22,25)/b8-6+. The molecule has 0 radical (unpaired) electrons. The predicted molar refractivity (Wildman–Crippen MR) is 99.5 cm³/mol. The Morgan fingerprint density at radius 3 is 2.81 bits per heavy atom. The molecular formula is C18H20ClFN4O2. The minimum Gasteiger partial charge on any atom is -0.366 e. The molecule has 8 heteroatoms. The fourth-order valence-corrected chi connectivity index (χ4v) is 2.67. The van der Waals surface area contributed by atoms with Crippen LogP contribution in [0.3, 0.4) is 0 Å². The highest BCUT2D eigenvalue weighted by molar-refractivity contribution is 6.31. The molecular weight excluding hydrogens is 359 g/mol. The molecule has 2 aromatic rings. The van der Waals surface area contributed by atoms with Gasteiger partial charge in [0.05, 0.1) is 11.3 Å². The van der Waals surface area contributed by atoms with E-state index in [2.05, 4.69) is 17.3 Å². The van der Waals surface area contributed by atoms with E-state index in [1.807, 2.05) is 6.92 Å². The van der Waals surface area contributed by atoms with Crippen LogP contribution in [-0.2, 0) is 11.3 Å². The molecule has 1 aromatic heterocycles. The molecule has 6 nitrogen and oxygen atoms in total. The molecule has 0 aliphatic carbocycles. The summed E-state index contributed by atoms with van der Waals surface area (Å²) in [6.07, 6.45) is 4.85. The fraction of sp³-hybridized carbons (Fsp3) is 0.278. The number of nitrogens with two attached hydrogens (primary N) is 1. The molecule has 0 saturated heterocycles. The molecule has 0 atom stereocenters. The Kier molecular flexibility index (Phi) is 6.52. The highest BCUT2D eigenvalue weighted by atomic mass is 35.5. The van der Waals surface area contributed by atoms with Crippen molar-refractivity contribution in [3.05, 3.63) is 52.1 Å². The number of amides is 2. The van der Waals surface area contributed by atoms with Gasteiger partial charge in [-0.25, -0.2) is 4.39 Å². The van der Waals surface area contributed by atoms with Gasteiger partial charge in [-0.1, -0.05) is 24.9 Å². The molecule has 3 N–H and O–H groups in total. The van der Waals surface area contributed by atoms with E-state index in [1.165, 1.54) is 18.2 Å². The summed E-state index contributed by atoms with van der Waals surface area (Å²) >= 11 is 6.31. The van der Waals surface area contributed by atoms with Gasteiger partial charge in [-0.05, 0) is 37.6 Å². The first-order valence-electron chi connectivity index (χ1n) is 8.14. The van der Waals surface area contributed by atoms with Gasteiger partial charge >= 0.3 is 0 Å². The monoisotopic (exact) mass is 378 g/mol. The Bertz CT molecular complexity index is 861. The lowest BCUT2D eigenvalue weighted by Gasteiger charge is -2.05. The first kappa shape index (κ1) is 19.7. The number of hydrogen-bond acceptors (Lipinski definition) is 3. The summed E-state index contributed by atoms with van der Waals surface area (Å²) in [5.74, 6) is -2.10. The number of unbranched alkanes of at least 4 members (excludes halogenated alkanes) is 1. The van der Waals surface area contributed by atoms with E-state index in [0.717, 1.165) is 18.9 Å². The summed E-state index contributed by atoms with van der Waals surface area (Å²) in [7, 11) is 0. The SMILES string of the molecule is CCCCn1nc(C)c(/C=C/C(=O)Nc2ccc(F)c(C(N)=O)c2)c1Cl. The quantitative estimate of drug-likeness (QED) is 0.722. The van der Waals surface area contributed by atoms with Gasteiger partial charge in [-0.15, -0.1) is 0 Å². The molecule has 0 fully saturated rings. The molecule has 0 unspecified atom stereocenters. The van der Waals surface area contributed by atoms with E-state index in [1.54, 1.807) is 10.8 Å². The van der Waals surface area contributed by atoms with E-state index in [-0.39, 0.29) is 11.3 Å². The average Bonchev–Trinajstić information content (AvgIpc) is 2.86. The second kappa shape index (κ2) is 8.62. The number of rotatable bonds is 7. The van der Waals surface area contributed by atoms with Crippen LogP contribution in [0.25, 0.3) is 6.08 Å². The lowest BCUT2D eigenvalue weighted by molar-refractivity contribution is -0.111. The summed E-state index contributed by atoms with van der Waals surface area (Å²) in [6.45, 7) is 4.60. The third-order valence-electron chi connectivity index (χ3n) is 3.73. The van der Waals surface area contributed by atoms with Crippen LogP contribution < -0.4 is 11.1 Å². The van der Waals surface area contributed by atoms with Gasteiger partial charge < -0.3 is 11.1 Å². The molecule has 26 heavy (non-hydrogen) atoms. The maximum atomic E-state index is 13.5. The predicted octanol–water partition coefficient (Wildman–Crippen LogP) is 3.53. The summed E-state index contributed by atoms with van der Waals surface area (Å²) in [6, 6.07) is 3.59. The third-order valence-corrected chi connectivity index (χ3v) is 4.13. The van der Waals surface area contributed by atoms with Crippen molar-refractivity contribution in [2.24, 2.45) is 5.73 Å². The molecule has 0 bridgehead atoms. The maximum absolute atomic E-state index is 13.5. The topological polar surface area (TPSA) is 90.0 Å². The van der Waals surface area contributed by atoms with E-state index >= 15 is 0 Å². The second-order valence-electron chi connectivity index (χ2n) is 5.75. The Hall–Kier alpha value is -2.67. The van der Waals surface area contributed by atoms with Gasteiger partial charge in [0, 0.05) is 23.9 Å². The number of primary amides is 1. The zero-order valence-corrected chi connectivity index (χ0v) is 15.3. The number of aromatic nitrogens is 2. The molecule has 0 spiro atoms. The Morgan fingerprint density at radius 1 is 1.42 bits per heavy atom. The van der Waals surface area contributed by atoms with Crippen LogP contribution in [0.4, 0.5) is 10.1 Å². The summed E-state index contributed by atoms with van der Waals surface area (Å²) < 4.78 is 15.2. The summed E-state index contributed by atoms with van der Waals surface area (Å²) in [5, 5.41) is 7.37. The number of anilines is 1. The average molecular weight is 379 g/mol. The fourth-order valence-electron chi connectivity index (χ4n) is 2.35. The number of nitrogens with zero attached hydrogens (tertiary/aromatic N) is 2. The molecule has 0 aliphatic rings. The van der Waals surface area contributed by atoms with Crippen molar-refractivity contribution in [2.75, 3.05) is 5.32 Å². The van der Waals surface area contributed by atoms with Gasteiger partial charge in [0.15, 0.2) is 0 Å². The van der Waals surface area contributed by atoms with Crippen LogP contribution in [0.2, 0.25) is 5.15 Å². The van der Waals surface area contributed by atoms with Crippen LogP contribution in [-0.4, -0.2) is 21.6 Å². The molecule has 1 heterocycles. The van der Waals surface area contributed by atoms with Crippen LogP contribution in [0.5, 0.6) is 0 Å². The van der Waals surface area contributed by atoms with Crippen molar-refractivity contribution in [3.63, 3.8) is 0 Å². The summed E-state index contributed by atoms with van der Waals surface area (Å²) in [5.41, 5.74) is 6.44. The second-order valence-corrected chi connectivity index (χ2v) is 6.11. The van der Waals surface area contributed by atoms with Crippen LogP contribution >= 0.6 is 11.6 Å². The van der Waals surface area contributed by atoms with Crippen molar-refractivity contribution in [2.45, 2.75) is 33.2 Å². The number of halogens is 2. The smallest absolute Gasteiger partial charge is 0.251 e. The molecule has 2 amide bonds. The highest BCUT2D eigenvalue weighted by Gasteiger charge is 2.12. The zero-order valence-electron chi connectivity index (χ0n) is 14.6. The Morgan fingerprint density at radius 2 is 2.15 bits per heavy atom. The minimum atomic E-state index is -0.906. The normalized spacial score (nSPS) is 11.1. The number of carbonyl (C=O) groups is 2. The Labute approximate surface area is 155 Å². The molecule has 0 saturated carbocycles. The van der Waals surface area contributed by atoms with Crippen LogP contribution in [0.1, 0.15) is 41.4 Å². The number of nitrogens with one attached hydrogen (secondary N) is 1. The van der Waals surface area contributed by atoms with Gasteiger partial charge in [0.25, 0.3) is 5.91 Å². The van der Waals surface area contributed by atoms with Crippen LogP contribution in [0.15, 0.2) is 24.3 Å². The number of hydrogen-bond donors (Lipinski definition) is 2. The van der Waals surface area contributed by atoms with Crippen molar-refractivity contribution >= 4 is 35.2 Å². The van der Waals surface area contributed by atoms with E-state index in [9.17, 15) is 14.0 Å². The summed E-state index contributed by atoms with van der Waals surface area (Å²) in [4.78, 5) is 23.2. The van der Waals surface area contributed by atoms with Crippen molar-refractivity contribution < 1.29 is 14.0 Å². The maximum Gasteiger partial charge on any atom is 0.251 e. The van der Waals surface area contributed by atoms with Gasteiger partial charge in [-0.2, -0.15) is 5.10 Å². The van der Waals surface area contributed by atoms with Crippen LogP contribution in [0, 0.1) is 12.7 Å². The van der Waals surface area contributed by atoms with E-state index < -0.39 is 17.6 Å². The lowest BCUT2D eigenvalue weighted by atomic mass is 10.1. The largest absolute Gasteiger partial charge is 0.366 e. The third kappa shape index (κ3) is 4.70. The van der Waals surface area contributed by atoms with Gasteiger partial charge in [0.1, 0.15) is 11.0 Å². The molecule has 138 valence electrons. The first-order chi connectivity index (χ1) is 12.3. The number of aryl methyl sites for hydroxylation is 2. The number of carbonyl (C=O) groups excluding carboxylic acids is 2. The van der Waals surface area contributed by atoms with Gasteiger partial charge in [0.2, 0.25) is 5.91 Å². The van der Waals surface area contributed by atoms with Gasteiger partial charge in [-0.3, -0.25) is 14.3 Å².